The lowest BCUT2D eigenvalue weighted by molar-refractivity contribution is -0.117. The third kappa shape index (κ3) is 7.40. The fourth-order valence-corrected chi connectivity index (χ4v) is 4.44. The summed E-state index contributed by atoms with van der Waals surface area (Å²) in [6, 6.07) is 15.5. The Morgan fingerprint density at radius 1 is 0.870 bits per heavy atom. The fraction of sp³-hybridized carbons (Fsp3) is 0.167. The van der Waals surface area contributed by atoms with Crippen LogP contribution in [0.1, 0.15) is 11.3 Å². The Morgan fingerprint density at radius 2 is 1.48 bits per heavy atom. The molecule has 0 aliphatic carbocycles. The van der Waals surface area contributed by atoms with E-state index < -0.39 is 43.6 Å². The number of benzene rings is 2. The summed E-state index contributed by atoms with van der Waals surface area (Å²) in [5.74, 6) is -2.11. The zero-order valence-corrected chi connectivity index (χ0v) is 23.7. The van der Waals surface area contributed by atoms with Crippen LogP contribution in [0.5, 0.6) is 11.5 Å². The van der Waals surface area contributed by atoms with Gasteiger partial charge in [0.1, 0.15) is 23.7 Å². The Hall–Kier alpha value is -5.93. The van der Waals surface area contributed by atoms with E-state index in [0.29, 0.717) is 5.69 Å². The van der Waals surface area contributed by atoms with E-state index in [1.54, 1.807) is 13.0 Å². The van der Waals surface area contributed by atoms with Gasteiger partial charge in [-0.2, -0.15) is 22.7 Å². The van der Waals surface area contributed by atoms with E-state index in [4.69, 9.17) is 8.94 Å². The molecule has 0 saturated heterocycles. The standard InChI is InChI=1S/C30H23F4N5O7/c1-16-13-23(46-38-16)26-17(14-24(40)35-18-7-2-4-9-20(18)44-29(31)32)28(42)39(37-27(26)22-11-6-12-43-22)15-25(41)36-19-8-3-5-10-21(19)45-30(33)34/h2-13,29-30H,14-15H2,1H3,(H,35,40)(H,36,41). The van der Waals surface area contributed by atoms with Gasteiger partial charge in [0.05, 0.1) is 35.3 Å². The normalized spacial score (nSPS) is 11.1. The molecule has 3 heterocycles. The number of aromatic nitrogens is 3. The first-order valence-corrected chi connectivity index (χ1v) is 13.4. The van der Waals surface area contributed by atoms with Crippen LogP contribution in [0.4, 0.5) is 28.9 Å². The number of para-hydroxylation sites is 4. The lowest BCUT2D eigenvalue weighted by Crippen LogP contribution is -2.34. The van der Waals surface area contributed by atoms with Gasteiger partial charge in [-0.3, -0.25) is 14.4 Å². The van der Waals surface area contributed by atoms with Gasteiger partial charge in [-0.25, -0.2) is 4.68 Å². The summed E-state index contributed by atoms with van der Waals surface area (Å²) < 4.78 is 72.2. The minimum Gasteiger partial charge on any atom is -0.463 e. The number of carbonyl (C=O) groups excluding carboxylic acids is 2. The van der Waals surface area contributed by atoms with Gasteiger partial charge in [0, 0.05) is 11.6 Å². The number of nitrogens with one attached hydrogen (secondary N) is 2. The molecular weight excluding hydrogens is 618 g/mol. The molecule has 2 N–H and O–H groups in total. The molecule has 0 aliphatic rings. The summed E-state index contributed by atoms with van der Waals surface area (Å²) in [6.45, 7) is -5.43. The molecule has 0 unspecified atom stereocenters. The maximum atomic E-state index is 13.9. The van der Waals surface area contributed by atoms with Crippen LogP contribution in [0.15, 0.2) is 86.7 Å². The van der Waals surface area contributed by atoms with Gasteiger partial charge in [-0.15, -0.1) is 0 Å². The van der Waals surface area contributed by atoms with Gasteiger partial charge < -0.3 is 29.0 Å². The molecule has 16 heteroatoms. The molecule has 0 radical (unpaired) electrons. The quantitative estimate of drug-likeness (QED) is 0.169. The fourth-order valence-electron chi connectivity index (χ4n) is 4.44. The lowest BCUT2D eigenvalue weighted by atomic mass is 10.00. The zero-order chi connectivity index (χ0) is 32.8. The molecular formula is C30H23F4N5O7. The molecule has 0 atom stereocenters. The summed E-state index contributed by atoms with van der Waals surface area (Å²) >= 11 is 0. The molecule has 5 aromatic rings. The molecule has 0 saturated carbocycles. The van der Waals surface area contributed by atoms with Crippen molar-refractivity contribution in [3.05, 3.63) is 94.6 Å². The first-order chi connectivity index (χ1) is 22.1. The topological polar surface area (TPSA) is 151 Å². The van der Waals surface area contributed by atoms with Crippen LogP contribution in [-0.4, -0.2) is 40.0 Å². The second-order valence-corrected chi connectivity index (χ2v) is 9.50. The number of anilines is 2. The number of hydrogen-bond acceptors (Lipinski definition) is 9. The summed E-state index contributed by atoms with van der Waals surface area (Å²) in [5.41, 5.74) is -0.836. The van der Waals surface area contributed by atoms with Crippen molar-refractivity contribution in [2.24, 2.45) is 0 Å². The van der Waals surface area contributed by atoms with Crippen LogP contribution in [0.2, 0.25) is 0 Å². The van der Waals surface area contributed by atoms with Crippen molar-refractivity contribution < 1.29 is 45.6 Å². The third-order valence-electron chi connectivity index (χ3n) is 6.27. The van der Waals surface area contributed by atoms with Crippen molar-refractivity contribution in [1.82, 2.24) is 14.9 Å². The van der Waals surface area contributed by atoms with Crippen LogP contribution in [0.25, 0.3) is 22.8 Å². The molecule has 2 aromatic carbocycles. The van der Waals surface area contributed by atoms with E-state index in [2.05, 4.69) is 30.4 Å². The molecule has 2 amide bonds. The van der Waals surface area contributed by atoms with E-state index in [-0.39, 0.29) is 51.2 Å². The summed E-state index contributed by atoms with van der Waals surface area (Å²) in [4.78, 5) is 40.3. The Kier molecular flexibility index (Phi) is 9.44. The number of ether oxygens (including phenoxy) is 2. The van der Waals surface area contributed by atoms with Gasteiger partial charge >= 0.3 is 13.2 Å². The number of amides is 2. The molecule has 12 nitrogen and oxygen atoms in total. The van der Waals surface area contributed by atoms with Crippen molar-refractivity contribution >= 4 is 23.2 Å². The van der Waals surface area contributed by atoms with Crippen molar-refractivity contribution in [1.29, 1.82) is 0 Å². The number of hydrogen-bond donors (Lipinski definition) is 2. The number of rotatable bonds is 12. The Bertz CT molecular complexity index is 1910. The van der Waals surface area contributed by atoms with E-state index in [0.717, 1.165) is 4.68 Å². The highest BCUT2D eigenvalue weighted by molar-refractivity contribution is 5.95. The van der Waals surface area contributed by atoms with E-state index in [1.165, 1.54) is 66.9 Å². The van der Waals surface area contributed by atoms with Crippen LogP contribution in [0.3, 0.4) is 0 Å². The van der Waals surface area contributed by atoms with Gasteiger partial charge in [0.2, 0.25) is 11.8 Å². The first-order valence-electron chi connectivity index (χ1n) is 13.4. The highest BCUT2D eigenvalue weighted by Crippen LogP contribution is 2.34. The van der Waals surface area contributed by atoms with Gasteiger partial charge in [0.15, 0.2) is 11.5 Å². The van der Waals surface area contributed by atoms with Crippen LogP contribution in [0, 0.1) is 6.92 Å². The molecule has 0 bridgehead atoms. The van der Waals surface area contributed by atoms with E-state index >= 15 is 0 Å². The number of halogens is 4. The second-order valence-electron chi connectivity index (χ2n) is 9.50. The van der Waals surface area contributed by atoms with Crippen molar-refractivity contribution in [2.75, 3.05) is 10.6 Å². The number of aryl methyl sites for hydroxylation is 1. The number of alkyl halides is 4. The highest BCUT2D eigenvalue weighted by atomic mass is 19.3. The number of furan rings is 1. The minimum atomic E-state index is -3.16. The van der Waals surface area contributed by atoms with E-state index in [1.807, 2.05) is 0 Å². The first kappa shape index (κ1) is 31.5. The third-order valence-corrected chi connectivity index (χ3v) is 6.27. The van der Waals surface area contributed by atoms with Crippen LogP contribution < -0.4 is 25.7 Å². The minimum absolute atomic E-state index is 0.000724. The molecule has 3 aromatic heterocycles. The zero-order valence-electron chi connectivity index (χ0n) is 23.7. The van der Waals surface area contributed by atoms with Crippen molar-refractivity contribution in [2.45, 2.75) is 33.1 Å². The smallest absolute Gasteiger partial charge is 0.387 e. The average Bonchev–Trinajstić information content (AvgIpc) is 3.69. The SMILES string of the molecule is Cc1cc(-c2c(-c3ccco3)nn(CC(=O)Nc3ccccc3OC(F)F)c(=O)c2CC(=O)Nc2ccccc2OC(F)F)on1. The summed E-state index contributed by atoms with van der Waals surface area (Å²) in [7, 11) is 0. The van der Waals surface area contributed by atoms with Gasteiger partial charge in [-0.1, -0.05) is 29.4 Å². The largest absolute Gasteiger partial charge is 0.463 e. The summed E-state index contributed by atoms with van der Waals surface area (Å²) in [6.07, 6.45) is 0.681. The Labute approximate surface area is 256 Å². The van der Waals surface area contributed by atoms with Crippen molar-refractivity contribution in [3.8, 4) is 34.3 Å². The molecule has 0 aliphatic heterocycles. The Balaban J connectivity index is 1.55. The number of nitrogens with zero attached hydrogens (tertiary/aromatic N) is 3. The molecule has 5 rings (SSSR count). The van der Waals surface area contributed by atoms with E-state index in [9.17, 15) is 31.9 Å². The maximum Gasteiger partial charge on any atom is 0.387 e. The molecule has 0 fully saturated rings. The van der Waals surface area contributed by atoms with Gasteiger partial charge in [0.25, 0.3) is 5.56 Å². The summed E-state index contributed by atoms with van der Waals surface area (Å²) in [5, 5.41) is 13.0. The monoisotopic (exact) mass is 641 g/mol. The van der Waals surface area contributed by atoms with Crippen LogP contribution in [-0.2, 0) is 22.6 Å². The average molecular weight is 642 g/mol. The molecule has 46 heavy (non-hydrogen) atoms. The maximum absolute atomic E-state index is 13.9. The Morgan fingerprint density at radius 3 is 2.02 bits per heavy atom. The molecule has 238 valence electrons. The van der Waals surface area contributed by atoms with Gasteiger partial charge in [-0.05, 0) is 43.3 Å². The molecule has 0 spiro atoms. The second kappa shape index (κ2) is 13.8. The predicted molar refractivity (Wildman–Crippen MR) is 154 cm³/mol. The highest BCUT2D eigenvalue weighted by Gasteiger charge is 2.27. The number of carbonyl (C=O) groups is 2. The van der Waals surface area contributed by atoms with Crippen molar-refractivity contribution in [3.63, 3.8) is 0 Å². The predicted octanol–water partition coefficient (Wildman–Crippen LogP) is 5.49. The van der Waals surface area contributed by atoms with Crippen LogP contribution >= 0.6 is 0 Å². The lowest BCUT2D eigenvalue weighted by Gasteiger charge is -2.16.